The minimum Gasteiger partial charge on any atom is -0.473 e. The van der Waals surface area contributed by atoms with E-state index < -0.39 is 11.9 Å². The lowest BCUT2D eigenvalue weighted by Crippen LogP contribution is -2.09. The second kappa shape index (κ2) is 8.99. The Hall–Kier alpha value is -4.01. The van der Waals surface area contributed by atoms with E-state index in [0.29, 0.717) is 0 Å². The molecule has 3 aromatic rings. The van der Waals surface area contributed by atoms with Gasteiger partial charge in [-0.25, -0.2) is 14.6 Å². The Morgan fingerprint density at radius 1 is 1.10 bits per heavy atom. The molecule has 30 heavy (non-hydrogen) atoms. The van der Waals surface area contributed by atoms with E-state index in [2.05, 4.69) is 41.5 Å². The van der Waals surface area contributed by atoms with Gasteiger partial charge in [-0.2, -0.15) is 0 Å². The monoisotopic (exact) mass is 411 g/mol. The largest absolute Gasteiger partial charge is 0.473 e. The molecule has 0 amide bonds. The summed E-state index contributed by atoms with van der Waals surface area (Å²) in [5.74, 6) is -1.24. The summed E-state index contributed by atoms with van der Waals surface area (Å²) in [6.07, 6.45) is 1.87. The number of hydrogen-bond acceptors (Lipinski definition) is 6. The molecule has 1 aliphatic heterocycles. The molecule has 0 aliphatic carbocycles. The Morgan fingerprint density at radius 2 is 1.83 bits per heavy atom. The second-order valence-corrected chi connectivity index (χ2v) is 6.55. The normalized spacial score (nSPS) is 11.4. The minimum atomic E-state index is -1.82. The quantitative estimate of drug-likeness (QED) is 0.560. The van der Waals surface area contributed by atoms with E-state index in [4.69, 9.17) is 29.3 Å². The Kier molecular flexibility index (Phi) is 6.21. The van der Waals surface area contributed by atoms with Gasteiger partial charge in [0, 0.05) is 19.2 Å². The van der Waals surface area contributed by atoms with Gasteiger partial charge >= 0.3 is 11.9 Å². The summed E-state index contributed by atoms with van der Waals surface area (Å²) >= 11 is 0. The molecular formula is C21H21N3O6. The number of carbonyl (C=O) groups is 2. The zero-order valence-corrected chi connectivity index (χ0v) is 16.5. The number of nitrogens with one attached hydrogen (secondary N) is 1. The van der Waals surface area contributed by atoms with E-state index >= 15 is 0 Å². The highest BCUT2D eigenvalue weighted by Gasteiger charge is 2.16. The number of rotatable bonds is 4. The highest BCUT2D eigenvalue weighted by molar-refractivity contribution is 6.27. The third-order valence-corrected chi connectivity index (χ3v) is 4.37. The van der Waals surface area contributed by atoms with Crippen LogP contribution in [0.15, 0.2) is 48.7 Å². The van der Waals surface area contributed by atoms with Crippen LogP contribution in [-0.2, 0) is 23.2 Å². The summed E-state index contributed by atoms with van der Waals surface area (Å²) in [5, 5.41) is 18.2. The molecule has 1 aliphatic rings. The van der Waals surface area contributed by atoms with E-state index in [1.807, 2.05) is 36.0 Å². The van der Waals surface area contributed by atoms with Crippen LogP contribution in [0.3, 0.4) is 0 Å². The number of ether oxygens (including phenoxy) is 2. The summed E-state index contributed by atoms with van der Waals surface area (Å²) < 4.78 is 12.9. The maximum Gasteiger partial charge on any atom is 0.414 e. The van der Waals surface area contributed by atoms with Crippen molar-refractivity contribution in [3.63, 3.8) is 0 Å². The number of fused-ring (bicyclic) bond motifs is 1. The van der Waals surface area contributed by atoms with Crippen molar-refractivity contribution < 1.29 is 29.3 Å². The lowest BCUT2D eigenvalue weighted by molar-refractivity contribution is -0.159. The van der Waals surface area contributed by atoms with Gasteiger partial charge in [-0.3, -0.25) is 0 Å². The van der Waals surface area contributed by atoms with Gasteiger partial charge in [0.25, 0.3) is 0 Å². The molecule has 9 heteroatoms. The number of nitrogens with zero attached hydrogens (tertiary/aromatic N) is 2. The number of aryl methyl sites for hydroxylation is 1. The van der Waals surface area contributed by atoms with E-state index in [-0.39, 0.29) is 6.79 Å². The Balaban J connectivity index is 0.000000377. The summed E-state index contributed by atoms with van der Waals surface area (Å²) in [6, 6.07) is 14.4. The minimum absolute atomic E-state index is 0.285. The molecule has 9 nitrogen and oxygen atoms in total. The van der Waals surface area contributed by atoms with Gasteiger partial charge in [-0.1, -0.05) is 29.8 Å². The predicted octanol–water partition coefficient (Wildman–Crippen LogP) is 2.89. The Bertz CT molecular complexity index is 1060. The number of hydrogen-bond donors (Lipinski definition) is 3. The standard InChI is InChI=1S/C19H19N3O2.C2H2O4/c1-13-4-3-5-14(8-13)10-20-19-21-11-16(22(19)2)15-6-7-17-18(9-15)24-12-23-17;3-1(4)2(5)6/h3-9,11H,10,12H2,1-2H3,(H,20,21);(H,3,4)(H,5,6). The number of carboxylic acids is 2. The number of benzene rings is 2. The molecule has 0 bridgehead atoms. The van der Waals surface area contributed by atoms with Crippen LogP contribution in [0.25, 0.3) is 11.3 Å². The van der Waals surface area contributed by atoms with Crippen molar-refractivity contribution >= 4 is 17.9 Å². The third kappa shape index (κ3) is 4.88. The van der Waals surface area contributed by atoms with E-state index in [1.165, 1.54) is 11.1 Å². The first-order chi connectivity index (χ1) is 14.3. The van der Waals surface area contributed by atoms with Crippen molar-refractivity contribution in [1.29, 1.82) is 0 Å². The van der Waals surface area contributed by atoms with Crippen LogP contribution in [0.2, 0.25) is 0 Å². The van der Waals surface area contributed by atoms with Crippen LogP contribution in [0, 0.1) is 6.92 Å². The molecule has 156 valence electrons. The maximum atomic E-state index is 9.10. The van der Waals surface area contributed by atoms with Crippen LogP contribution in [0.5, 0.6) is 11.5 Å². The van der Waals surface area contributed by atoms with Crippen LogP contribution in [0.4, 0.5) is 5.95 Å². The summed E-state index contributed by atoms with van der Waals surface area (Å²) in [4.78, 5) is 22.7. The first-order valence-corrected chi connectivity index (χ1v) is 9.02. The van der Waals surface area contributed by atoms with Gasteiger partial charge in [-0.05, 0) is 30.7 Å². The average molecular weight is 411 g/mol. The van der Waals surface area contributed by atoms with Gasteiger partial charge in [-0.15, -0.1) is 0 Å². The summed E-state index contributed by atoms with van der Waals surface area (Å²) in [7, 11) is 2.01. The average Bonchev–Trinajstić information content (AvgIpc) is 3.32. The fourth-order valence-corrected chi connectivity index (χ4v) is 2.90. The van der Waals surface area contributed by atoms with Gasteiger partial charge in [0.2, 0.25) is 12.7 Å². The van der Waals surface area contributed by atoms with Crippen molar-refractivity contribution in [1.82, 2.24) is 9.55 Å². The van der Waals surface area contributed by atoms with Crippen LogP contribution >= 0.6 is 0 Å². The molecule has 2 aromatic carbocycles. The molecule has 0 spiro atoms. The molecule has 0 radical (unpaired) electrons. The van der Waals surface area contributed by atoms with Crippen molar-refractivity contribution in [3.05, 3.63) is 59.8 Å². The Labute approximate surface area is 172 Å². The number of aliphatic carboxylic acids is 2. The molecule has 0 fully saturated rings. The van der Waals surface area contributed by atoms with Gasteiger partial charge in [0.1, 0.15) is 0 Å². The third-order valence-electron chi connectivity index (χ3n) is 4.37. The van der Waals surface area contributed by atoms with Crippen molar-refractivity contribution in [2.24, 2.45) is 7.05 Å². The zero-order valence-electron chi connectivity index (χ0n) is 16.5. The fourth-order valence-electron chi connectivity index (χ4n) is 2.90. The van der Waals surface area contributed by atoms with E-state index in [0.717, 1.165) is 35.2 Å². The van der Waals surface area contributed by atoms with Crippen molar-refractivity contribution in [2.75, 3.05) is 12.1 Å². The predicted molar refractivity (Wildman–Crippen MR) is 109 cm³/mol. The van der Waals surface area contributed by atoms with Crippen LogP contribution in [-0.4, -0.2) is 38.5 Å². The fraction of sp³-hybridized carbons (Fsp3) is 0.190. The molecule has 1 aromatic heterocycles. The van der Waals surface area contributed by atoms with E-state index in [9.17, 15) is 0 Å². The van der Waals surface area contributed by atoms with E-state index in [1.54, 1.807) is 0 Å². The van der Waals surface area contributed by atoms with Gasteiger partial charge in [0.05, 0.1) is 11.9 Å². The lowest BCUT2D eigenvalue weighted by atomic mass is 10.1. The van der Waals surface area contributed by atoms with Crippen LogP contribution in [0.1, 0.15) is 11.1 Å². The molecule has 0 saturated carbocycles. The van der Waals surface area contributed by atoms with Crippen LogP contribution < -0.4 is 14.8 Å². The van der Waals surface area contributed by atoms with Crippen molar-refractivity contribution in [3.8, 4) is 22.8 Å². The number of imidazole rings is 1. The molecule has 0 atom stereocenters. The molecule has 2 heterocycles. The second-order valence-electron chi connectivity index (χ2n) is 6.55. The first-order valence-electron chi connectivity index (χ1n) is 9.02. The topological polar surface area (TPSA) is 123 Å². The summed E-state index contributed by atoms with van der Waals surface area (Å²) in [5.41, 5.74) is 4.58. The smallest absolute Gasteiger partial charge is 0.414 e. The van der Waals surface area contributed by atoms with Gasteiger partial charge < -0.3 is 29.6 Å². The summed E-state index contributed by atoms with van der Waals surface area (Å²) in [6.45, 7) is 3.13. The highest BCUT2D eigenvalue weighted by Crippen LogP contribution is 2.36. The van der Waals surface area contributed by atoms with Gasteiger partial charge in [0.15, 0.2) is 11.5 Å². The highest BCUT2D eigenvalue weighted by atomic mass is 16.7. The zero-order chi connectivity index (χ0) is 21.7. The maximum absolute atomic E-state index is 9.10. The molecular weight excluding hydrogens is 390 g/mol. The number of anilines is 1. The SMILES string of the molecule is Cc1cccc(CNc2ncc(-c3ccc4c(c3)OCO4)n2C)c1.O=C(O)C(=O)O. The molecule has 0 saturated heterocycles. The van der Waals surface area contributed by atoms with Crippen molar-refractivity contribution in [2.45, 2.75) is 13.5 Å². The Morgan fingerprint density at radius 3 is 2.53 bits per heavy atom. The molecule has 4 rings (SSSR count). The lowest BCUT2D eigenvalue weighted by Gasteiger charge is -2.09. The first kappa shape index (κ1) is 20.7. The molecule has 0 unspecified atom stereocenters. The number of aromatic nitrogens is 2. The number of carboxylic acid groups (broad SMARTS) is 2. The molecule has 3 N–H and O–H groups in total.